The second kappa shape index (κ2) is 7.38. The van der Waals surface area contributed by atoms with Crippen LogP contribution in [0.1, 0.15) is 31.4 Å². The molecule has 3 aromatic carbocycles. The molecule has 6 heteroatoms. The smallest absolute Gasteiger partial charge is 0.231 e. The Hall–Kier alpha value is -3.41. The number of carbonyl (C=O) groups is 1. The van der Waals surface area contributed by atoms with E-state index >= 15 is 0 Å². The number of ketones is 1. The molecular weight excluding hydrogens is 394 g/mol. The highest BCUT2D eigenvalue weighted by Gasteiger charge is 2.35. The summed E-state index contributed by atoms with van der Waals surface area (Å²) in [6.07, 6.45) is 0.886. The Morgan fingerprint density at radius 3 is 2.52 bits per heavy atom. The van der Waals surface area contributed by atoms with Crippen LogP contribution in [-0.2, 0) is 4.79 Å². The number of anilines is 1. The molecule has 0 amide bonds. The van der Waals surface area contributed by atoms with E-state index in [-0.39, 0.29) is 18.6 Å². The van der Waals surface area contributed by atoms with Crippen molar-refractivity contribution < 1.29 is 23.7 Å². The van der Waals surface area contributed by atoms with Gasteiger partial charge in [0.2, 0.25) is 6.79 Å². The van der Waals surface area contributed by atoms with Gasteiger partial charge in [0.25, 0.3) is 0 Å². The fourth-order valence-corrected chi connectivity index (χ4v) is 4.76. The monoisotopic (exact) mass is 419 g/mol. The topological polar surface area (TPSA) is 57.2 Å². The van der Waals surface area contributed by atoms with Crippen LogP contribution in [0.15, 0.2) is 36.4 Å². The summed E-state index contributed by atoms with van der Waals surface area (Å²) in [5.74, 6) is 3.05. The Labute approximate surface area is 181 Å². The first-order chi connectivity index (χ1) is 15.1. The Balaban J connectivity index is 1.81. The van der Waals surface area contributed by atoms with Crippen molar-refractivity contribution in [2.75, 3.05) is 33.0 Å². The molecule has 2 aliphatic heterocycles. The van der Waals surface area contributed by atoms with E-state index in [4.69, 9.17) is 18.9 Å². The number of hydrogen-bond donors (Lipinski definition) is 0. The summed E-state index contributed by atoms with van der Waals surface area (Å²) in [6.45, 7) is 2.13. The van der Waals surface area contributed by atoms with Gasteiger partial charge in [-0.3, -0.25) is 4.79 Å². The van der Waals surface area contributed by atoms with E-state index in [0.717, 1.165) is 44.6 Å². The zero-order valence-corrected chi connectivity index (χ0v) is 18.2. The van der Waals surface area contributed by atoms with Crippen molar-refractivity contribution in [1.29, 1.82) is 0 Å². The molecule has 0 saturated heterocycles. The van der Waals surface area contributed by atoms with Gasteiger partial charge in [0.05, 0.1) is 25.9 Å². The van der Waals surface area contributed by atoms with Gasteiger partial charge < -0.3 is 23.8 Å². The number of benzene rings is 3. The molecule has 2 heterocycles. The maximum absolute atomic E-state index is 12.6. The number of carbonyl (C=O) groups excluding carboxylic acids is 1. The fraction of sp³-hybridized carbons (Fsp3) is 0.320. The number of Topliss-reactive ketones (excluding diaryl/α,β-unsaturated/α-hetero) is 1. The lowest BCUT2D eigenvalue weighted by atomic mass is 9.83. The van der Waals surface area contributed by atoms with Crippen LogP contribution in [0.5, 0.6) is 23.0 Å². The third-order valence-electron chi connectivity index (χ3n) is 6.33. The molecule has 1 atom stereocenters. The Bertz CT molecular complexity index is 1200. The second-order valence-electron chi connectivity index (χ2n) is 7.87. The van der Waals surface area contributed by atoms with Crippen LogP contribution in [0.25, 0.3) is 21.9 Å². The van der Waals surface area contributed by atoms with Crippen LogP contribution >= 0.6 is 0 Å². The first-order valence-electron chi connectivity index (χ1n) is 10.4. The molecule has 3 aromatic rings. The predicted molar refractivity (Wildman–Crippen MR) is 120 cm³/mol. The minimum Gasteiger partial charge on any atom is -0.493 e. The van der Waals surface area contributed by atoms with Crippen LogP contribution in [0.2, 0.25) is 0 Å². The van der Waals surface area contributed by atoms with E-state index in [9.17, 15) is 4.79 Å². The van der Waals surface area contributed by atoms with Crippen molar-refractivity contribution in [2.24, 2.45) is 0 Å². The third-order valence-corrected chi connectivity index (χ3v) is 6.33. The average Bonchev–Trinajstić information content (AvgIpc) is 3.25. The number of methoxy groups -OCH3 is 2. The lowest BCUT2D eigenvalue weighted by molar-refractivity contribution is -0.119. The van der Waals surface area contributed by atoms with Gasteiger partial charge in [0.15, 0.2) is 23.0 Å². The van der Waals surface area contributed by atoms with E-state index in [1.807, 2.05) is 32.2 Å². The molecule has 0 saturated carbocycles. The molecule has 0 N–H and O–H groups in total. The fourth-order valence-electron chi connectivity index (χ4n) is 4.76. The largest absolute Gasteiger partial charge is 0.493 e. The standard InChI is InChI=1S/C25H25NO5/c1-5-15(27)11-19-23-16(8-9-20(28-3)25(23)29-4)17-7-6-14-10-21-22(31-13-30-21)12-18(14)24(17)26(19)2/h6-10,12,19H,5,11,13H2,1-4H3/t19-/m1/s1. The van der Waals surface area contributed by atoms with Gasteiger partial charge in [-0.05, 0) is 35.2 Å². The third kappa shape index (κ3) is 2.89. The highest BCUT2D eigenvalue weighted by molar-refractivity contribution is 6.06. The molecule has 0 bridgehead atoms. The van der Waals surface area contributed by atoms with Crippen molar-refractivity contribution >= 4 is 22.2 Å². The van der Waals surface area contributed by atoms with Crippen LogP contribution < -0.4 is 23.8 Å². The van der Waals surface area contributed by atoms with Gasteiger partial charge in [-0.1, -0.05) is 19.1 Å². The summed E-state index contributed by atoms with van der Waals surface area (Å²) in [5.41, 5.74) is 4.20. The quantitative estimate of drug-likeness (QED) is 0.573. The summed E-state index contributed by atoms with van der Waals surface area (Å²) in [7, 11) is 5.32. The minimum atomic E-state index is -0.170. The Kier molecular flexibility index (Phi) is 4.65. The lowest BCUT2D eigenvalue weighted by Gasteiger charge is -2.39. The summed E-state index contributed by atoms with van der Waals surface area (Å²) in [5, 5.41) is 2.14. The van der Waals surface area contributed by atoms with Crippen molar-refractivity contribution in [3.63, 3.8) is 0 Å². The van der Waals surface area contributed by atoms with Crippen LogP contribution in [0.3, 0.4) is 0 Å². The number of fused-ring (bicyclic) bond motifs is 6. The summed E-state index contributed by atoms with van der Waals surface area (Å²) in [4.78, 5) is 14.8. The van der Waals surface area contributed by atoms with E-state index in [1.54, 1.807) is 14.2 Å². The molecule has 5 rings (SSSR count). The predicted octanol–water partition coefficient (Wildman–Crippen LogP) is 5.11. The molecule has 0 aliphatic carbocycles. The van der Waals surface area contributed by atoms with Gasteiger partial charge in [0, 0.05) is 36.4 Å². The Morgan fingerprint density at radius 1 is 1.06 bits per heavy atom. The summed E-state index contributed by atoms with van der Waals surface area (Å²) in [6, 6.07) is 12.1. The van der Waals surface area contributed by atoms with Crippen molar-refractivity contribution in [3.8, 4) is 34.1 Å². The molecule has 0 unspecified atom stereocenters. The lowest BCUT2D eigenvalue weighted by Crippen LogP contribution is -2.31. The Morgan fingerprint density at radius 2 is 1.81 bits per heavy atom. The first kappa shape index (κ1) is 19.5. The highest BCUT2D eigenvalue weighted by Crippen LogP contribution is 2.54. The van der Waals surface area contributed by atoms with E-state index in [2.05, 4.69) is 23.1 Å². The first-order valence-corrected chi connectivity index (χ1v) is 10.4. The van der Waals surface area contributed by atoms with Gasteiger partial charge in [0.1, 0.15) is 5.78 Å². The van der Waals surface area contributed by atoms with Gasteiger partial charge in [-0.15, -0.1) is 0 Å². The molecule has 0 spiro atoms. The minimum absolute atomic E-state index is 0.170. The number of rotatable bonds is 5. The zero-order chi connectivity index (χ0) is 21.7. The molecule has 2 aliphatic rings. The van der Waals surface area contributed by atoms with Crippen LogP contribution in [0.4, 0.5) is 5.69 Å². The van der Waals surface area contributed by atoms with Crippen molar-refractivity contribution in [3.05, 3.63) is 42.0 Å². The average molecular weight is 419 g/mol. The molecular formula is C25H25NO5. The number of ether oxygens (including phenoxy) is 4. The van der Waals surface area contributed by atoms with Gasteiger partial charge >= 0.3 is 0 Å². The summed E-state index contributed by atoms with van der Waals surface area (Å²) < 4.78 is 22.6. The number of hydrogen-bond acceptors (Lipinski definition) is 6. The van der Waals surface area contributed by atoms with Crippen molar-refractivity contribution in [2.45, 2.75) is 25.8 Å². The number of nitrogens with zero attached hydrogens (tertiary/aromatic N) is 1. The highest BCUT2D eigenvalue weighted by atomic mass is 16.7. The van der Waals surface area contributed by atoms with E-state index in [0.29, 0.717) is 24.3 Å². The van der Waals surface area contributed by atoms with Crippen LogP contribution in [0, 0.1) is 0 Å². The maximum atomic E-state index is 12.6. The zero-order valence-electron chi connectivity index (χ0n) is 18.2. The molecule has 0 aromatic heterocycles. The van der Waals surface area contributed by atoms with Crippen molar-refractivity contribution in [1.82, 2.24) is 0 Å². The second-order valence-corrected chi connectivity index (χ2v) is 7.87. The normalized spacial score (nSPS) is 16.1. The van der Waals surface area contributed by atoms with E-state index in [1.165, 1.54) is 0 Å². The molecule has 31 heavy (non-hydrogen) atoms. The maximum Gasteiger partial charge on any atom is 0.231 e. The SMILES string of the molecule is CCC(=O)C[C@@H]1c2c(ccc(OC)c2OC)-c2ccc3cc4c(cc3c2N1C)OCO4. The molecule has 0 radical (unpaired) electrons. The van der Waals surface area contributed by atoms with Crippen LogP contribution in [-0.4, -0.2) is 33.8 Å². The van der Waals surface area contributed by atoms with E-state index < -0.39 is 0 Å². The van der Waals surface area contributed by atoms with Gasteiger partial charge in [-0.25, -0.2) is 0 Å². The molecule has 6 nitrogen and oxygen atoms in total. The molecule has 160 valence electrons. The summed E-state index contributed by atoms with van der Waals surface area (Å²) >= 11 is 0. The molecule has 0 fully saturated rings. The van der Waals surface area contributed by atoms with Gasteiger partial charge in [-0.2, -0.15) is 0 Å².